The van der Waals surface area contributed by atoms with Crippen molar-refractivity contribution in [2.45, 2.75) is 37.3 Å². The summed E-state index contributed by atoms with van der Waals surface area (Å²) in [6.45, 7) is 6.50. The molecule has 90 valence electrons. The predicted molar refractivity (Wildman–Crippen MR) is 76.9 cm³/mol. The fourth-order valence-electron chi connectivity index (χ4n) is 1.58. The molecule has 1 heterocycles. The average molecular weight is 263 g/mol. The van der Waals surface area contributed by atoms with Gasteiger partial charge in [0.2, 0.25) is 0 Å². The van der Waals surface area contributed by atoms with Crippen molar-refractivity contribution < 1.29 is 0 Å². The van der Waals surface area contributed by atoms with E-state index in [1.165, 1.54) is 16.2 Å². The summed E-state index contributed by atoms with van der Waals surface area (Å²) < 4.78 is 0. The number of rotatable bonds is 4. The van der Waals surface area contributed by atoms with Crippen LogP contribution in [-0.2, 0) is 5.75 Å². The Balaban J connectivity index is 1.95. The van der Waals surface area contributed by atoms with Crippen molar-refractivity contribution in [3.63, 3.8) is 0 Å². The number of nitrogens with zero attached hydrogens (tertiary/aromatic N) is 1. The summed E-state index contributed by atoms with van der Waals surface area (Å²) in [5.74, 6) is 1.57. The van der Waals surface area contributed by atoms with Gasteiger partial charge >= 0.3 is 0 Å². The fourth-order valence-corrected chi connectivity index (χ4v) is 3.09. The van der Waals surface area contributed by atoms with Crippen molar-refractivity contribution in [3.8, 4) is 0 Å². The van der Waals surface area contributed by atoms with Crippen molar-refractivity contribution in [1.29, 1.82) is 0 Å². The fraction of sp³-hybridized carbons (Fsp3) is 0.357. The second-order valence-corrected chi connectivity index (χ2v) is 6.48. The molecule has 0 amide bonds. The maximum Gasteiger partial charge on any atom is 0.0897 e. The summed E-state index contributed by atoms with van der Waals surface area (Å²) in [6, 6.07) is 8.86. The molecule has 17 heavy (non-hydrogen) atoms. The van der Waals surface area contributed by atoms with Crippen LogP contribution in [0.4, 0.5) is 0 Å². The van der Waals surface area contributed by atoms with Crippen LogP contribution in [0.1, 0.15) is 36.0 Å². The van der Waals surface area contributed by atoms with Crippen LogP contribution in [-0.4, -0.2) is 4.98 Å². The first-order valence-electron chi connectivity index (χ1n) is 5.79. The summed E-state index contributed by atoms with van der Waals surface area (Å²) in [5, 5.41) is 3.29. The van der Waals surface area contributed by atoms with E-state index in [0.29, 0.717) is 5.92 Å². The zero-order valence-corrected chi connectivity index (χ0v) is 12.1. The summed E-state index contributed by atoms with van der Waals surface area (Å²) in [6.07, 6.45) is 0. The van der Waals surface area contributed by atoms with E-state index in [1.807, 2.05) is 11.8 Å². The van der Waals surface area contributed by atoms with Gasteiger partial charge in [-0.25, -0.2) is 4.98 Å². The SMILES string of the molecule is Cc1nc(CSc2ccc(C(C)C)cc2)cs1. The van der Waals surface area contributed by atoms with Crippen molar-refractivity contribution in [1.82, 2.24) is 4.98 Å². The summed E-state index contributed by atoms with van der Waals surface area (Å²) in [5.41, 5.74) is 2.59. The van der Waals surface area contributed by atoms with Gasteiger partial charge in [-0.3, -0.25) is 0 Å². The van der Waals surface area contributed by atoms with E-state index in [0.717, 1.165) is 10.8 Å². The zero-order valence-electron chi connectivity index (χ0n) is 10.4. The van der Waals surface area contributed by atoms with E-state index in [9.17, 15) is 0 Å². The van der Waals surface area contributed by atoms with Crippen LogP contribution in [0, 0.1) is 6.92 Å². The second kappa shape index (κ2) is 5.69. The Hall–Kier alpha value is -0.800. The Morgan fingerprint density at radius 3 is 2.47 bits per heavy atom. The Morgan fingerprint density at radius 2 is 1.94 bits per heavy atom. The van der Waals surface area contributed by atoms with Gasteiger partial charge in [-0.05, 0) is 30.5 Å². The van der Waals surface area contributed by atoms with Crippen molar-refractivity contribution >= 4 is 23.1 Å². The summed E-state index contributed by atoms with van der Waals surface area (Å²) in [4.78, 5) is 5.79. The lowest BCUT2D eigenvalue weighted by Crippen LogP contribution is -1.86. The Labute approximate surface area is 111 Å². The molecule has 0 fully saturated rings. The maximum absolute atomic E-state index is 4.47. The molecule has 0 saturated heterocycles. The molecule has 0 N–H and O–H groups in total. The Kier molecular flexibility index (Phi) is 4.24. The molecule has 3 heteroatoms. The number of aromatic nitrogens is 1. The first kappa shape index (κ1) is 12.7. The molecule has 0 aliphatic rings. The maximum atomic E-state index is 4.47. The van der Waals surface area contributed by atoms with Gasteiger partial charge in [0, 0.05) is 16.0 Å². The van der Waals surface area contributed by atoms with Gasteiger partial charge < -0.3 is 0 Å². The quantitative estimate of drug-likeness (QED) is 0.730. The molecule has 0 atom stereocenters. The number of hydrogen-bond acceptors (Lipinski definition) is 3. The van der Waals surface area contributed by atoms with E-state index in [-0.39, 0.29) is 0 Å². The van der Waals surface area contributed by atoms with Crippen LogP contribution >= 0.6 is 23.1 Å². The molecule has 1 nitrogen and oxygen atoms in total. The third kappa shape index (κ3) is 3.58. The van der Waals surface area contributed by atoms with Crippen molar-refractivity contribution in [3.05, 3.63) is 45.9 Å². The monoisotopic (exact) mass is 263 g/mol. The molecule has 0 aliphatic carbocycles. The second-order valence-electron chi connectivity index (χ2n) is 4.37. The number of thioether (sulfide) groups is 1. The molecular formula is C14H17NS2. The largest absolute Gasteiger partial charge is 0.246 e. The standard InChI is InChI=1S/C14H17NS2/c1-10(2)12-4-6-14(7-5-12)17-9-13-8-16-11(3)15-13/h4-8,10H,9H2,1-3H3. The van der Waals surface area contributed by atoms with Crippen LogP contribution in [0.5, 0.6) is 0 Å². The highest BCUT2D eigenvalue weighted by Crippen LogP contribution is 2.25. The highest BCUT2D eigenvalue weighted by molar-refractivity contribution is 7.98. The van der Waals surface area contributed by atoms with Crippen molar-refractivity contribution in [2.75, 3.05) is 0 Å². The van der Waals surface area contributed by atoms with E-state index in [2.05, 4.69) is 55.4 Å². The minimum absolute atomic E-state index is 0.607. The van der Waals surface area contributed by atoms with Crippen molar-refractivity contribution in [2.24, 2.45) is 0 Å². The number of hydrogen-bond donors (Lipinski definition) is 0. The molecule has 0 spiro atoms. The van der Waals surface area contributed by atoms with Gasteiger partial charge in [-0.15, -0.1) is 23.1 Å². The molecular weight excluding hydrogens is 246 g/mol. The van der Waals surface area contributed by atoms with Crippen LogP contribution in [0.15, 0.2) is 34.5 Å². The summed E-state index contributed by atoms with van der Waals surface area (Å²) in [7, 11) is 0. The highest BCUT2D eigenvalue weighted by atomic mass is 32.2. The van der Waals surface area contributed by atoms with Gasteiger partial charge in [0.15, 0.2) is 0 Å². The first-order chi connectivity index (χ1) is 8.15. The lowest BCUT2D eigenvalue weighted by atomic mass is 10.0. The molecule has 2 rings (SSSR count). The first-order valence-corrected chi connectivity index (χ1v) is 7.65. The normalized spacial score (nSPS) is 11.1. The highest BCUT2D eigenvalue weighted by Gasteiger charge is 2.02. The Morgan fingerprint density at radius 1 is 1.24 bits per heavy atom. The van der Waals surface area contributed by atoms with Gasteiger partial charge in [0.25, 0.3) is 0 Å². The average Bonchev–Trinajstić information content (AvgIpc) is 2.73. The minimum atomic E-state index is 0.607. The third-order valence-electron chi connectivity index (χ3n) is 2.60. The molecule has 0 unspecified atom stereocenters. The third-order valence-corrected chi connectivity index (χ3v) is 4.47. The Bertz CT molecular complexity index is 471. The van der Waals surface area contributed by atoms with Gasteiger partial charge in [0.05, 0.1) is 10.7 Å². The topological polar surface area (TPSA) is 12.9 Å². The van der Waals surface area contributed by atoms with Gasteiger partial charge in [0.1, 0.15) is 0 Å². The molecule has 0 aliphatic heterocycles. The lowest BCUT2D eigenvalue weighted by molar-refractivity contribution is 0.865. The molecule has 0 bridgehead atoms. The lowest BCUT2D eigenvalue weighted by Gasteiger charge is -2.06. The zero-order chi connectivity index (χ0) is 12.3. The molecule has 1 aromatic heterocycles. The van der Waals surface area contributed by atoms with E-state index in [4.69, 9.17) is 0 Å². The van der Waals surface area contributed by atoms with E-state index < -0.39 is 0 Å². The van der Waals surface area contributed by atoms with Gasteiger partial charge in [-0.2, -0.15) is 0 Å². The predicted octanol–water partition coefficient (Wildman–Crippen LogP) is 4.87. The van der Waals surface area contributed by atoms with Crippen LogP contribution in [0.3, 0.4) is 0 Å². The molecule has 0 radical (unpaired) electrons. The molecule has 0 saturated carbocycles. The smallest absolute Gasteiger partial charge is 0.0897 e. The molecule has 2 aromatic rings. The minimum Gasteiger partial charge on any atom is -0.246 e. The van der Waals surface area contributed by atoms with Crippen LogP contribution in [0.25, 0.3) is 0 Å². The number of aryl methyl sites for hydroxylation is 1. The van der Waals surface area contributed by atoms with E-state index >= 15 is 0 Å². The van der Waals surface area contributed by atoms with Crippen LogP contribution in [0.2, 0.25) is 0 Å². The van der Waals surface area contributed by atoms with Gasteiger partial charge in [-0.1, -0.05) is 26.0 Å². The summed E-state index contributed by atoms with van der Waals surface area (Å²) >= 11 is 3.57. The van der Waals surface area contributed by atoms with E-state index in [1.54, 1.807) is 11.3 Å². The number of benzene rings is 1. The molecule has 1 aromatic carbocycles. The number of thiazole rings is 1. The van der Waals surface area contributed by atoms with Crippen LogP contribution < -0.4 is 0 Å².